The van der Waals surface area contributed by atoms with Crippen LogP contribution in [0.1, 0.15) is 66.2 Å². The summed E-state index contributed by atoms with van der Waals surface area (Å²) >= 11 is 0. The van der Waals surface area contributed by atoms with Gasteiger partial charge >= 0.3 is 0 Å². The average molecular weight is 252 g/mol. The van der Waals surface area contributed by atoms with Crippen molar-refractivity contribution in [2.24, 2.45) is 5.41 Å². The predicted molar refractivity (Wildman–Crippen MR) is 78.9 cm³/mol. The van der Waals surface area contributed by atoms with E-state index in [1.54, 1.807) is 0 Å². The third-order valence-corrected chi connectivity index (χ3v) is 5.43. The van der Waals surface area contributed by atoms with Crippen molar-refractivity contribution in [3.05, 3.63) is 0 Å². The van der Waals surface area contributed by atoms with E-state index >= 15 is 0 Å². The molecule has 1 saturated heterocycles. The first-order chi connectivity index (χ1) is 8.46. The maximum Gasteiger partial charge on any atom is 0.0278 e. The molecule has 0 aromatic carbocycles. The Bertz CT molecular complexity index is 270. The molecule has 1 heterocycles. The molecule has 0 spiro atoms. The van der Waals surface area contributed by atoms with Gasteiger partial charge in [0.1, 0.15) is 0 Å². The number of nitrogens with zero attached hydrogens (tertiary/aromatic N) is 1. The molecule has 2 rings (SSSR count). The summed E-state index contributed by atoms with van der Waals surface area (Å²) in [5, 5.41) is 3.73. The van der Waals surface area contributed by atoms with Crippen LogP contribution in [0.4, 0.5) is 0 Å². The zero-order chi connectivity index (χ0) is 13.2. The Morgan fingerprint density at radius 2 is 1.83 bits per heavy atom. The Labute approximate surface area is 114 Å². The number of nitrogens with one attached hydrogen (secondary N) is 1. The summed E-state index contributed by atoms with van der Waals surface area (Å²) in [7, 11) is 0. The van der Waals surface area contributed by atoms with Crippen LogP contribution in [0.3, 0.4) is 0 Å². The van der Waals surface area contributed by atoms with Crippen molar-refractivity contribution >= 4 is 0 Å². The van der Waals surface area contributed by atoms with Gasteiger partial charge in [0.15, 0.2) is 0 Å². The minimum atomic E-state index is 0.331. The van der Waals surface area contributed by atoms with Crippen LogP contribution in [0.15, 0.2) is 0 Å². The molecule has 0 bridgehead atoms. The first-order valence-electron chi connectivity index (χ1n) is 7.95. The Hall–Kier alpha value is -0.0800. The summed E-state index contributed by atoms with van der Waals surface area (Å²) in [6, 6.07) is 0.698. The zero-order valence-corrected chi connectivity index (χ0v) is 12.9. The fraction of sp³-hybridized carbons (Fsp3) is 1.00. The monoisotopic (exact) mass is 252 g/mol. The highest BCUT2D eigenvalue weighted by Crippen LogP contribution is 2.37. The highest BCUT2D eigenvalue weighted by atomic mass is 15.2. The van der Waals surface area contributed by atoms with Crippen molar-refractivity contribution in [2.45, 2.75) is 77.8 Å². The van der Waals surface area contributed by atoms with E-state index in [4.69, 9.17) is 0 Å². The van der Waals surface area contributed by atoms with Crippen LogP contribution in [-0.4, -0.2) is 36.1 Å². The molecule has 2 aliphatic rings. The molecule has 0 radical (unpaired) electrons. The van der Waals surface area contributed by atoms with Crippen LogP contribution in [0, 0.1) is 5.41 Å². The molecule has 0 amide bonds. The molecular formula is C16H32N2. The van der Waals surface area contributed by atoms with Gasteiger partial charge in [0.25, 0.3) is 0 Å². The average Bonchev–Trinajstić information content (AvgIpc) is 2.35. The van der Waals surface area contributed by atoms with Crippen molar-refractivity contribution in [3.63, 3.8) is 0 Å². The third kappa shape index (κ3) is 3.27. The quantitative estimate of drug-likeness (QED) is 0.828. The fourth-order valence-corrected chi connectivity index (χ4v) is 3.69. The molecule has 1 aliphatic heterocycles. The smallest absolute Gasteiger partial charge is 0.0278 e. The molecule has 1 aliphatic carbocycles. The largest absolute Gasteiger partial charge is 0.309 e. The van der Waals surface area contributed by atoms with Crippen molar-refractivity contribution in [1.29, 1.82) is 0 Å². The van der Waals surface area contributed by atoms with E-state index in [2.05, 4.69) is 37.9 Å². The number of hydrogen-bond donors (Lipinski definition) is 1. The molecule has 18 heavy (non-hydrogen) atoms. The van der Waals surface area contributed by atoms with Gasteiger partial charge in [-0.1, -0.05) is 33.1 Å². The van der Waals surface area contributed by atoms with Crippen LogP contribution >= 0.6 is 0 Å². The fourth-order valence-electron chi connectivity index (χ4n) is 3.69. The van der Waals surface area contributed by atoms with E-state index in [1.807, 2.05) is 0 Å². The lowest BCUT2D eigenvalue weighted by molar-refractivity contribution is 0.0390. The van der Waals surface area contributed by atoms with E-state index in [1.165, 1.54) is 51.6 Å². The van der Waals surface area contributed by atoms with Gasteiger partial charge in [0.05, 0.1) is 0 Å². The van der Waals surface area contributed by atoms with E-state index in [0.717, 1.165) is 6.54 Å². The van der Waals surface area contributed by atoms with Crippen molar-refractivity contribution in [1.82, 2.24) is 10.2 Å². The third-order valence-electron chi connectivity index (χ3n) is 5.43. The Balaban J connectivity index is 1.97. The van der Waals surface area contributed by atoms with Gasteiger partial charge in [-0.15, -0.1) is 0 Å². The molecule has 2 atom stereocenters. The Morgan fingerprint density at radius 1 is 1.17 bits per heavy atom. The number of piperazine rings is 1. The van der Waals surface area contributed by atoms with Gasteiger partial charge in [-0.2, -0.15) is 0 Å². The van der Waals surface area contributed by atoms with Crippen LogP contribution in [0.5, 0.6) is 0 Å². The lowest BCUT2D eigenvalue weighted by Gasteiger charge is -2.48. The summed E-state index contributed by atoms with van der Waals surface area (Å²) in [5.41, 5.74) is 0.913. The molecule has 2 fully saturated rings. The summed E-state index contributed by atoms with van der Waals surface area (Å²) in [4.78, 5) is 2.76. The number of rotatable bonds is 3. The van der Waals surface area contributed by atoms with Crippen molar-refractivity contribution in [2.75, 3.05) is 19.6 Å². The number of hydrogen-bond acceptors (Lipinski definition) is 2. The van der Waals surface area contributed by atoms with Crippen LogP contribution in [0.2, 0.25) is 0 Å². The van der Waals surface area contributed by atoms with Gasteiger partial charge < -0.3 is 5.32 Å². The van der Waals surface area contributed by atoms with E-state index in [-0.39, 0.29) is 0 Å². The first kappa shape index (κ1) is 14.3. The Morgan fingerprint density at radius 3 is 2.44 bits per heavy atom. The van der Waals surface area contributed by atoms with Crippen LogP contribution in [0.25, 0.3) is 0 Å². The molecule has 106 valence electrons. The summed E-state index contributed by atoms with van der Waals surface area (Å²) in [5.74, 6) is 0. The molecule has 1 N–H and O–H groups in total. The predicted octanol–water partition coefficient (Wildman–Crippen LogP) is 3.42. The maximum absolute atomic E-state index is 3.73. The lowest BCUT2D eigenvalue weighted by atomic mass is 9.75. The lowest BCUT2D eigenvalue weighted by Crippen LogP contribution is -2.63. The normalized spacial score (nSPS) is 37.7. The second-order valence-corrected chi connectivity index (χ2v) is 7.42. The highest BCUT2D eigenvalue weighted by molar-refractivity contribution is 4.95. The van der Waals surface area contributed by atoms with Crippen LogP contribution < -0.4 is 5.32 Å². The molecule has 0 aromatic rings. The summed E-state index contributed by atoms with van der Waals surface area (Å²) in [6.07, 6.45) is 8.45. The van der Waals surface area contributed by atoms with Crippen LogP contribution in [-0.2, 0) is 0 Å². The second-order valence-electron chi connectivity index (χ2n) is 7.42. The van der Waals surface area contributed by atoms with E-state index in [0.29, 0.717) is 17.0 Å². The van der Waals surface area contributed by atoms with Gasteiger partial charge in [-0.05, 0) is 38.5 Å². The summed E-state index contributed by atoms with van der Waals surface area (Å²) < 4.78 is 0. The maximum atomic E-state index is 3.73. The van der Waals surface area contributed by atoms with Gasteiger partial charge in [-0.25, -0.2) is 0 Å². The van der Waals surface area contributed by atoms with Gasteiger partial charge in [0.2, 0.25) is 0 Å². The first-order valence-corrected chi connectivity index (χ1v) is 7.95. The zero-order valence-electron chi connectivity index (χ0n) is 12.9. The van der Waals surface area contributed by atoms with E-state index in [9.17, 15) is 0 Å². The van der Waals surface area contributed by atoms with Crippen molar-refractivity contribution < 1.29 is 0 Å². The molecule has 2 heteroatoms. The molecule has 2 unspecified atom stereocenters. The Kier molecular flexibility index (Phi) is 4.38. The molecule has 1 saturated carbocycles. The van der Waals surface area contributed by atoms with E-state index < -0.39 is 0 Å². The standard InChI is InChI=1S/C16H32N2/c1-5-16(4)13-18(14(2)11-17-16)12-15(3)9-7-6-8-10-15/h14,17H,5-13H2,1-4H3. The minimum absolute atomic E-state index is 0.331. The highest BCUT2D eigenvalue weighted by Gasteiger charge is 2.37. The second kappa shape index (κ2) is 5.50. The molecule has 0 aromatic heterocycles. The summed E-state index contributed by atoms with van der Waals surface area (Å²) in [6.45, 7) is 13.3. The molecular weight excluding hydrogens is 220 g/mol. The topological polar surface area (TPSA) is 15.3 Å². The van der Waals surface area contributed by atoms with Gasteiger partial charge in [0, 0.05) is 31.2 Å². The minimum Gasteiger partial charge on any atom is -0.309 e. The SMILES string of the molecule is CCC1(C)CN(CC2(C)CCCCC2)C(C)CN1. The van der Waals surface area contributed by atoms with Gasteiger partial charge in [-0.3, -0.25) is 4.90 Å². The van der Waals surface area contributed by atoms with Crippen molar-refractivity contribution in [3.8, 4) is 0 Å². The molecule has 2 nitrogen and oxygen atoms in total.